The van der Waals surface area contributed by atoms with Gasteiger partial charge in [-0.15, -0.1) is 0 Å². The third kappa shape index (κ3) is 3.99. The summed E-state index contributed by atoms with van der Waals surface area (Å²) in [7, 11) is 0. The van der Waals surface area contributed by atoms with Crippen LogP contribution in [0.5, 0.6) is 0 Å². The van der Waals surface area contributed by atoms with Crippen LogP contribution in [0.2, 0.25) is 0 Å². The Hall–Kier alpha value is -1.51. The summed E-state index contributed by atoms with van der Waals surface area (Å²) in [4.78, 5) is 12.0. The van der Waals surface area contributed by atoms with Crippen LogP contribution in [0, 0.1) is 18.8 Å². The maximum absolute atomic E-state index is 12.0. The second-order valence-corrected chi connectivity index (χ2v) is 6.54. The number of carbonyl (C=O) groups is 1. The molecule has 0 radical (unpaired) electrons. The maximum atomic E-state index is 12.0. The zero-order valence-electron chi connectivity index (χ0n) is 13.7. The van der Waals surface area contributed by atoms with Gasteiger partial charge in [-0.1, -0.05) is 19.9 Å². The van der Waals surface area contributed by atoms with Gasteiger partial charge in [-0.25, -0.2) is 0 Å². The molecule has 2 rings (SSSR count). The van der Waals surface area contributed by atoms with Crippen LogP contribution in [0.3, 0.4) is 0 Å². The number of nitrogens with one attached hydrogen (secondary N) is 2. The Balaban J connectivity index is 2.12. The molecule has 0 spiro atoms. The Morgan fingerprint density at radius 2 is 2.05 bits per heavy atom. The van der Waals surface area contributed by atoms with Crippen LogP contribution in [0.25, 0.3) is 0 Å². The fourth-order valence-corrected chi connectivity index (χ4v) is 3.26. The molecule has 3 nitrogen and oxygen atoms in total. The standard InChI is InChI=1S/C18H28N2O/c1-5-19-18(21)15-8-7-13(3)17(11-15)20-16-9-6-12(2)10-14(16)4/h7-8,11-12,14,16,20H,5-6,9-10H2,1-4H3,(H,19,21). The summed E-state index contributed by atoms with van der Waals surface area (Å²) in [5, 5.41) is 6.54. The summed E-state index contributed by atoms with van der Waals surface area (Å²) < 4.78 is 0. The van der Waals surface area contributed by atoms with Crippen LogP contribution in [0.4, 0.5) is 5.69 Å². The van der Waals surface area contributed by atoms with Crippen molar-refractivity contribution in [2.75, 3.05) is 11.9 Å². The maximum Gasteiger partial charge on any atom is 0.251 e. The van der Waals surface area contributed by atoms with E-state index >= 15 is 0 Å². The van der Waals surface area contributed by atoms with E-state index in [0.717, 1.165) is 17.2 Å². The first kappa shape index (κ1) is 15.9. The Morgan fingerprint density at radius 3 is 2.71 bits per heavy atom. The molecular formula is C18H28N2O. The van der Waals surface area contributed by atoms with Crippen LogP contribution in [0.15, 0.2) is 18.2 Å². The molecule has 116 valence electrons. The highest BCUT2D eigenvalue weighted by molar-refractivity contribution is 5.95. The summed E-state index contributed by atoms with van der Waals surface area (Å²) in [5.41, 5.74) is 3.04. The fourth-order valence-electron chi connectivity index (χ4n) is 3.26. The lowest BCUT2D eigenvalue weighted by Gasteiger charge is -2.34. The van der Waals surface area contributed by atoms with Crippen molar-refractivity contribution in [1.29, 1.82) is 0 Å². The van der Waals surface area contributed by atoms with Crippen LogP contribution < -0.4 is 10.6 Å². The van der Waals surface area contributed by atoms with Crippen LogP contribution in [-0.2, 0) is 0 Å². The molecular weight excluding hydrogens is 260 g/mol. The highest BCUT2D eigenvalue weighted by Crippen LogP contribution is 2.31. The summed E-state index contributed by atoms with van der Waals surface area (Å²) in [6.45, 7) is 9.37. The van der Waals surface area contributed by atoms with E-state index in [0.29, 0.717) is 18.5 Å². The number of hydrogen-bond acceptors (Lipinski definition) is 2. The number of carbonyl (C=O) groups excluding carboxylic acids is 1. The summed E-state index contributed by atoms with van der Waals surface area (Å²) >= 11 is 0. The van der Waals surface area contributed by atoms with Crippen molar-refractivity contribution >= 4 is 11.6 Å². The molecule has 3 atom stereocenters. The molecule has 0 bridgehead atoms. The van der Waals surface area contributed by atoms with Gasteiger partial charge in [0.05, 0.1) is 0 Å². The third-order valence-corrected chi connectivity index (χ3v) is 4.61. The number of benzene rings is 1. The smallest absolute Gasteiger partial charge is 0.251 e. The quantitative estimate of drug-likeness (QED) is 0.880. The van der Waals surface area contributed by atoms with E-state index in [4.69, 9.17) is 0 Å². The Morgan fingerprint density at radius 1 is 1.29 bits per heavy atom. The monoisotopic (exact) mass is 288 g/mol. The first-order valence-electron chi connectivity index (χ1n) is 8.16. The zero-order chi connectivity index (χ0) is 15.4. The normalized spacial score (nSPS) is 25.4. The molecule has 3 heteroatoms. The topological polar surface area (TPSA) is 41.1 Å². The molecule has 1 saturated carbocycles. The van der Waals surface area contributed by atoms with E-state index in [9.17, 15) is 4.79 Å². The van der Waals surface area contributed by atoms with Crippen molar-refractivity contribution in [2.24, 2.45) is 11.8 Å². The average molecular weight is 288 g/mol. The fraction of sp³-hybridized carbons (Fsp3) is 0.611. The minimum absolute atomic E-state index is 0.00543. The van der Waals surface area contributed by atoms with E-state index in [-0.39, 0.29) is 5.91 Å². The molecule has 0 aliphatic heterocycles. The van der Waals surface area contributed by atoms with E-state index < -0.39 is 0 Å². The Labute approximate surface area is 128 Å². The van der Waals surface area contributed by atoms with Crippen molar-refractivity contribution in [2.45, 2.75) is 53.0 Å². The Bertz CT molecular complexity index is 498. The molecule has 0 aromatic heterocycles. The molecule has 1 fully saturated rings. The third-order valence-electron chi connectivity index (χ3n) is 4.61. The van der Waals surface area contributed by atoms with Crippen molar-refractivity contribution in [1.82, 2.24) is 5.32 Å². The van der Waals surface area contributed by atoms with Gasteiger partial charge in [0, 0.05) is 23.8 Å². The number of anilines is 1. The number of amides is 1. The van der Waals surface area contributed by atoms with Gasteiger partial charge >= 0.3 is 0 Å². The summed E-state index contributed by atoms with van der Waals surface area (Å²) in [6.07, 6.45) is 3.79. The SMILES string of the molecule is CCNC(=O)c1ccc(C)c(NC2CCC(C)CC2C)c1. The number of rotatable bonds is 4. The molecule has 1 aromatic rings. The van der Waals surface area contributed by atoms with Crippen molar-refractivity contribution in [3.63, 3.8) is 0 Å². The lowest BCUT2D eigenvalue weighted by atomic mass is 9.79. The zero-order valence-corrected chi connectivity index (χ0v) is 13.7. The second-order valence-electron chi connectivity index (χ2n) is 6.54. The highest BCUT2D eigenvalue weighted by atomic mass is 16.1. The highest BCUT2D eigenvalue weighted by Gasteiger charge is 2.25. The molecule has 3 unspecified atom stereocenters. The van der Waals surface area contributed by atoms with Crippen LogP contribution in [-0.4, -0.2) is 18.5 Å². The van der Waals surface area contributed by atoms with Gasteiger partial charge in [0.25, 0.3) is 5.91 Å². The van der Waals surface area contributed by atoms with Gasteiger partial charge in [0.2, 0.25) is 0 Å². The lowest BCUT2D eigenvalue weighted by Crippen LogP contribution is -2.33. The van der Waals surface area contributed by atoms with E-state index in [1.54, 1.807) is 0 Å². The molecule has 0 saturated heterocycles. The predicted molar refractivity (Wildman–Crippen MR) is 88.8 cm³/mol. The van der Waals surface area contributed by atoms with Crippen molar-refractivity contribution in [3.05, 3.63) is 29.3 Å². The predicted octanol–water partition coefficient (Wildman–Crippen LogP) is 3.98. The summed E-state index contributed by atoms with van der Waals surface area (Å²) in [5.74, 6) is 1.52. The van der Waals surface area contributed by atoms with Crippen LogP contribution in [0.1, 0.15) is 56.0 Å². The van der Waals surface area contributed by atoms with E-state index in [1.165, 1.54) is 24.8 Å². The molecule has 1 aromatic carbocycles. The molecule has 21 heavy (non-hydrogen) atoms. The number of aryl methyl sites for hydroxylation is 1. The van der Waals surface area contributed by atoms with Crippen LogP contribution >= 0.6 is 0 Å². The molecule has 0 heterocycles. The average Bonchev–Trinajstić information content (AvgIpc) is 2.44. The largest absolute Gasteiger partial charge is 0.382 e. The molecule has 2 N–H and O–H groups in total. The molecule has 1 aliphatic rings. The minimum atomic E-state index is 0.00543. The minimum Gasteiger partial charge on any atom is -0.382 e. The second kappa shape index (κ2) is 6.97. The number of hydrogen-bond donors (Lipinski definition) is 2. The van der Waals surface area contributed by atoms with Gasteiger partial charge in [0.15, 0.2) is 0 Å². The molecule has 1 amide bonds. The molecule has 1 aliphatic carbocycles. The first-order chi connectivity index (χ1) is 10.0. The summed E-state index contributed by atoms with van der Waals surface area (Å²) in [6, 6.07) is 6.44. The van der Waals surface area contributed by atoms with Gasteiger partial charge in [0.1, 0.15) is 0 Å². The lowest BCUT2D eigenvalue weighted by molar-refractivity contribution is 0.0956. The van der Waals surface area contributed by atoms with Gasteiger partial charge in [-0.3, -0.25) is 4.79 Å². The first-order valence-corrected chi connectivity index (χ1v) is 8.16. The Kier molecular flexibility index (Phi) is 5.27. The van der Waals surface area contributed by atoms with Crippen molar-refractivity contribution in [3.8, 4) is 0 Å². The van der Waals surface area contributed by atoms with Gasteiger partial charge in [-0.2, -0.15) is 0 Å². The van der Waals surface area contributed by atoms with Gasteiger partial charge in [-0.05, 0) is 62.6 Å². The van der Waals surface area contributed by atoms with E-state index in [2.05, 4.69) is 31.4 Å². The van der Waals surface area contributed by atoms with Crippen molar-refractivity contribution < 1.29 is 4.79 Å². The van der Waals surface area contributed by atoms with Gasteiger partial charge < -0.3 is 10.6 Å². The van der Waals surface area contributed by atoms with E-state index in [1.807, 2.05) is 25.1 Å².